The van der Waals surface area contributed by atoms with Gasteiger partial charge in [-0.2, -0.15) is 0 Å². The monoisotopic (exact) mass is 270 g/mol. The van der Waals surface area contributed by atoms with E-state index in [9.17, 15) is 4.79 Å². The summed E-state index contributed by atoms with van der Waals surface area (Å²) in [5, 5.41) is 4.13. The molecule has 0 aromatic carbocycles. The van der Waals surface area contributed by atoms with Crippen molar-refractivity contribution in [3.05, 3.63) is 12.5 Å². The van der Waals surface area contributed by atoms with Crippen LogP contribution < -0.4 is 5.32 Å². The molecule has 5 nitrogen and oxygen atoms in total. The van der Waals surface area contributed by atoms with Crippen molar-refractivity contribution in [2.45, 2.75) is 41.7 Å². The lowest BCUT2D eigenvalue weighted by molar-refractivity contribution is -0.149. The summed E-state index contributed by atoms with van der Waals surface area (Å²) in [7, 11) is 3.25. The number of carbonyl (C=O) groups excluding carboxylic acids is 1. The molecule has 0 spiro atoms. The minimum Gasteiger partial charge on any atom is -0.468 e. The molecule has 1 aliphatic carbocycles. The van der Waals surface area contributed by atoms with Gasteiger partial charge >= 0.3 is 5.97 Å². The van der Waals surface area contributed by atoms with Crippen LogP contribution in [0.5, 0.6) is 0 Å². The molecular weight excluding hydrogens is 252 g/mol. The fourth-order valence-electron chi connectivity index (χ4n) is 2.45. The Morgan fingerprint density at radius 1 is 1.72 bits per heavy atom. The number of hydrogen-bond acceptors (Lipinski definition) is 6. The Labute approximate surface area is 111 Å². The van der Waals surface area contributed by atoms with Gasteiger partial charge in [-0.15, -0.1) is 0 Å². The number of nitrogens with one attached hydrogen (secondary N) is 1. The van der Waals surface area contributed by atoms with Gasteiger partial charge in [0.25, 0.3) is 5.22 Å². The molecule has 1 saturated carbocycles. The quantitative estimate of drug-likeness (QED) is 0.842. The third-order valence-corrected chi connectivity index (χ3v) is 4.58. The first-order valence-corrected chi connectivity index (χ1v) is 6.91. The number of likely N-dealkylation sites (N-methyl/N-ethyl adjacent to an activating group) is 1. The zero-order valence-electron chi connectivity index (χ0n) is 10.6. The molecule has 0 radical (unpaired) electrons. The van der Waals surface area contributed by atoms with Crippen LogP contribution in [0.4, 0.5) is 0 Å². The van der Waals surface area contributed by atoms with Crippen LogP contribution in [-0.2, 0) is 9.53 Å². The van der Waals surface area contributed by atoms with Gasteiger partial charge in [0, 0.05) is 5.25 Å². The zero-order chi connectivity index (χ0) is 13.0. The van der Waals surface area contributed by atoms with Gasteiger partial charge in [-0.3, -0.25) is 4.79 Å². The van der Waals surface area contributed by atoms with E-state index in [-0.39, 0.29) is 5.97 Å². The van der Waals surface area contributed by atoms with Crippen molar-refractivity contribution in [2.75, 3.05) is 14.2 Å². The Bertz CT molecular complexity index is 396. The van der Waals surface area contributed by atoms with E-state index in [1.165, 1.54) is 7.11 Å². The molecule has 0 saturated heterocycles. The first-order valence-electron chi connectivity index (χ1n) is 6.03. The second-order valence-electron chi connectivity index (χ2n) is 4.46. The molecule has 0 aliphatic heterocycles. The van der Waals surface area contributed by atoms with Crippen LogP contribution in [0.25, 0.3) is 0 Å². The highest BCUT2D eigenvalue weighted by Crippen LogP contribution is 2.38. The molecule has 1 aromatic heterocycles. The summed E-state index contributed by atoms with van der Waals surface area (Å²) in [6.07, 6.45) is 6.82. The van der Waals surface area contributed by atoms with Crippen molar-refractivity contribution in [3.63, 3.8) is 0 Å². The van der Waals surface area contributed by atoms with Gasteiger partial charge in [0.15, 0.2) is 0 Å². The number of aromatic nitrogens is 1. The van der Waals surface area contributed by atoms with Crippen LogP contribution in [0.15, 0.2) is 22.1 Å². The maximum absolute atomic E-state index is 11.9. The molecule has 18 heavy (non-hydrogen) atoms. The smallest absolute Gasteiger partial charge is 0.326 e. The predicted octanol–water partition coefficient (Wildman–Crippen LogP) is 1.84. The highest BCUT2D eigenvalue weighted by Gasteiger charge is 2.43. The van der Waals surface area contributed by atoms with Crippen LogP contribution >= 0.6 is 11.8 Å². The molecule has 100 valence electrons. The number of carbonyl (C=O) groups is 1. The third kappa shape index (κ3) is 2.70. The number of rotatable bonds is 4. The first kappa shape index (κ1) is 13.4. The summed E-state index contributed by atoms with van der Waals surface area (Å²) in [6.45, 7) is 0. The number of hydrogen-bond donors (Lipinski definition) is 1. The largest absolute Gasteiger partial charge is 0.468 e. The summed E-state index contributed by atoms with van der Waals surface area (Å²) in [5.74, 6) is -0.178. The minimum absolute atomic E-state index is 0.178. The van der Waals surface area contributed by atoms with Crippen molar-refractivity contribution in [1.82, 2.24) is 10.3 Å². The summed E-state index contributed by atoms with van der Waals surface area (Å²) >= 11 is 1.59. The number of thioether (sulfide) groups is 1. The van der Waals surface area contributed by atoms with Crippen LogP contribution in [-0.4, -0.2) is 35.9 Å². The highest BCUT2D eigenvalue weighted by atomic mass is 32.2. The first-order chi connectivity index (χ1) is 8.70. The van der Waals surface area contributed by atoms with E-state index < -0.39 is 5.54 Å². The molecule has 0 amide bonds. The summed E-state index contributed by atoms with van der Waals surface area (Å²) in [6, 6.07) is 0. The van der Waals surface area contributed by atoms with E-state index in [1.807, 2.05) is 7.05 Å². The molecule has 2 rings (SSSR count). The molecule has 6 heteroatoms. The number of ether oxygens (including phenoxy) is 1. The van der Waals surface area contributed by atoms with Crippen molar-refractivity contribution in [1.29, 1.82) is 0 Å². The van der Waals surface area contributed by atoms with Crippen molar-refractivity contribution < 1.29 is 13.9 Å². The maximum Gasteiger partial charge on any atom is 0.326 e. The number of oxazole rings is 1. The molecule has 1 aliphatic rings. The molecule has 2 atom stereocenters. The molecule has 1 N–H and O–H groups in total. The van der Waals surface area contributed by atoms with Gasteiger partial charge in [-0.25, -0.2) is 4.98 Å². The average molecular weight is 270 g/mol. The van der Waals surface area contributed by atoms with Crippen LogP contribution in [0.3, 0.4) is 0 Å². The Kier molecular flexibility index (Phi) is 4.29. The zero-order valence-corrected chi connectivity index (χ0v) is 11.5. The molecule has 1 fully saturated rings. The second-order valence-corrected chi connectivity index (χ2v) is 5.71. The van der Waals surface area contributed by atoms with Gasteiger partial charge in [0.05, 0.1) is 13.3 Å². The van der Waals surface area contributed by atoms with Gasteiger partial charge in [-0.1, -0.05) is 11.8 Å². The van der Waals surface area contributed by atoms with Gasteiger partial charge in [0.1, 0.15) is 11.8 Å². The minimum atomic E-state index is -0.558. The van der Waals surface area contributed by atoms with E-state index in [0.717, 1.165) is 25.7 Å². The summed E-state index contributed by atoms with van der Waals surface area (Å²) < 4.78 is 10.2. The lowest BCUT2D eigenvalue weighted by Crippen LogP contribution is -2.54. The molecular formula is C12H18N2O3S. The van der Waals surface area contributed by atoms with Gasteiger partial charge < -0.3 is 14.5 Å². The maximum atomic E-state index is 11.9. The molecule has 1 aromatic rings. The van der Waals surface area contributed by atoms with Crippen molar-refractivity contribution >= 4 is 17.7 Å². The summed E-state index contributed by atoms with van der Waals surface area (Å²) in [4.78, 5) is 16.0. The number of esters is 1. The molecule has 0 bridgehead atoms. The van der Waals surface area contributed by atoms with Crippen molar-refractivity contribution in [2.24, 2.45) is 0 Å². The fraction of sp³-hybridized carbons (Fsp3) is 0.667. The van der Waals surface area contributed by atoms with Crippen LogP contribution in [0.2, 0.25) is 0 Å². The Hall–Kier alpha value is -1.01. The highest BCUT2D eigenvalue weighted by molar-refractivity contribution is 7.99. The number of nitrogens with zero attached hydrogens (tertiary/aromatic N) is 1. The van der Waals surface area contributed by atoms with Crippen LogP contribution in [0, 0.1) is 0 Å². The Balaban J connectivity index is 2.04. The second kappa shape index (κ2) is 5.75. The number of methoxy groups -OCH3 is 1. The van der Waals surface area contributed by atoms with Crippen molar-refractivity contribution in [3.8, 4) is 0 Å². The third-order valence-electron chi connectivity index (χ3n) is 3.44. The fourth-order valence-corrected chi connectivity index (χ4v) is 3.62. The lowest BCUT2D eigenvalue weighted by Gasteiger charge is -2.37. The topological polar surface area (TPSA) is 64.4 Å². The molecule has 2 unspecified atom stereocenters. The van der Waals surface area contributed by atoms with E-state index in [2.05, 4.69) is 10.3 Å². The standard InChI is InChI=1S/C12H18N2O3S/c1-13-12(10(15)16-2)5-3-4-9(8-12)18-11-14-6-7-17-11/h6-7,9,13H,3-5,8H2,1-2H3. The normalized spacial score (nSPS) is 28.0. The van der Waals surface area contributed by atoms with E-state index in [0.29, 0.717) is 10.5 Å². The van der Waals surface area contributed by atoms with E-state index in [1.54, 1.807) is 24.2 Å². The van der Waals surface area contributed by atoms with Crippen LogP contribution in [0.1, 0.15) is 25.7 Å². The van der Waals surface area contributed by atoms with E-state index in [4.69, 9.17) is 9.15 Å². The summed E-state index contributed by atoms with van der Waals surface area (Å²) in [5.41, 5.74) is -0.558. The Morgan fingerprint density at radius 3 is 3.17 bits per heavy atom. The molecule has 1 heterocycles. The predicted molar refractivity (Wildman–Crippen MR) is 68.4 cm³/mol. The van der Waals surface area contributed by atoms with Gasteiger partial charge in [0.2, 0.25) is 0 Å². The SMILES string of the molecule is CNC1(C(=O)OC)CCCC(Sc2ncco2)C1. The van der Waals surface area contributed by atoms with Gasteiger partial charge in [-0.05, 0) is 32.7 Å². The average Bonchev–Trinajstić information content (AvgIpc) is 2.90. The lowest BCUT2D eigenvalue weighted by atomic mass is 9.81. The van der Waals surface area contributed by atoms with E-state index >= 15 is 0 Å². The Morgan fingerprint density at radius 2 is 2.56 bits per heavy atom.